The number of carbonyl (C=O) groups is 2. The van der Waals surface area contributed by atoms with E-state index in [0.717, 1.165) is 38.4 Å². The normalized spacial score (nSPS) is 14.5. The number of amides is 2. The van der Waals surface area contributed by atoms with Crippen molar-refractivity contribution in [3.63, 3.8) is 0 Å². The summed E-state index contributed by atoms with van der Waals surface area (Å²) in [6, 6.07) is 13.5. The maximum atomic E-state index is 13.1. The Kier molecular flexibility index (Phi) is 7.11. The second-order valence-electron chi connectivity index (χ2n) is 6.72. The number of hydrogen-bond donors (Lipinski definition) is 2. The molecule has 0 bridgehead atoms. The Hall–Kier alpha value is -2.77. The highest BCUT2D eigenvalue weighted by atomic mass is 19.1. The molecule has 1 fully saturated rings. The average molecular weight is 385 g/mol. The van der Waals surface area contributed by atoms with E-state index in [4.69, 9.17) is 4.74 Å². The Labute approximate surface area is 163 Å². The molecule has 2 aromatic rings. The number of carbonyl (C=O) groups excluding carboxylic acids is 2. The molecule has 0 atom stereocenters. The maximum absolute atomic E-state index is 13.1. The van der Waals surface area contributed by atoms with Crippen molar-refractivity contribution in [3.8, 4) is 0 Å². The lowest BCUT2D eigenvalue weighted by atomic mass is 10.1. The van der Waals surface area contributed by atoms with E-state index >= 15 is 0 Å². The molecular weight excluding hydrogens is 361 g/mol. The van der Waals surface area contributed by atoms with Gasteiger partial charge in [0.15, 0.2) is 0 Å². The summed E-state index contributed by atoms with van der Waals surface area (Å²) in [5.74, 6) is -1.03. The summed E-state index contributed by atoms with van der Waals surface area (Å²) in [4.78, 5) is 26.3. The number of benzene rings is 2. The molecule has 7 heteroatoms. The zero-order valence-electron chi connectivity index (χ0n) is 15.6. The van der Waals surface area contributed by atoms with Crippen LogP contribution in [0.4, 0.5) is 10.1 Å². The van der Waals surface area contributed by atoms with Crippen molar-refractivity contribution in [2.45, 2.75) is 13.0 Å². The van der Waals surface area contributed by atoms with Gasteiger partial charge in [-0.3, -0.25) is 14.5 Å². The van der Waals surface area contributed by atoms with Gasteiger partial charge in [-0.2, -0.15) is 0 Å². The van der Waals surface area contributed by atoms with E-state index in [0.29, 0.717) is 11.3 Å². The highest BCUT2D eigenvalue weighted by Crippen LogP contribution is 2.13. The zero-order valence-corrected chi connectivity index (χ0v) is 15.6. The molecule has 1 heterocycles. The van der Waals surface area contributed by atoms with Gasteiger partial charge in [-0.15, -0.1) is 0 Å². The van der Waals surface area contributed by atoms with Gasteiger partial charge in [-0.1, -0.05) is 24.3 Å². The Balaban J connectivity index is 1.45. The summed E-state index contributed by atoms with van der Waals surface area (Å²) in [5, 5.41) is 5.35. The fourth-order valence-corrected chi connectivity index (χ4v) is 3.04. The monoisotopic (exact) mass is 385 g/mol. The first-order chi connectivity index (χ1) is 13.6. The molecule has 2 N–H and O–H groups in total. The molecule has 0 radical (unpaired) electrons. The second-order valence-corrected chi connectivity index (χ2v) is 6.72. The molecule has 2 aromatic carbocycles. The molecule has 1 saturated heterocycles. The number of hydrogen-bond acceptors (Lipinski definition) is 4. The van der Waals surface area contributed by atoms with Crippen LogP contribution in [0.15, 0.2) is 48.5 Å². The van der Waals surface area contributed by atoms with E-state index in [-0.39, 0.29) is 30.6 Å². The van der Waals surface area contributed by atoms with Crippen LogP contribution in [0.5, 0.6) is 0 Å². The van der Waals surface area contributed by atoms with Crippen LogP contribution in [0.3, 0.4) is 0 Å². The standard InChI is InChI=1S/C21H24FN3O3/c22-18-5-1-3-16(11-18)13-20(26)23-14-21(27)24-19-6-2-4-17(12-19)15-25-7-9-28-10-8-25/h1-6,11-12H,7-10,13-15H2,(H,23,26)(H,24,27). The van der Waals surface area contributed by atoms with Crippen molar-refractivity contribution in [2.24, 2.45) is 0 Å². The van der Waals surface area contributed by atoms with Crippen molar-refractivity contribution >= 4 is 17.5 Å². The Morgan fingerprint density at radius 2 is 1.75 bits per heavy atom. The van der Waals surface area contributed by atoms with Gasteiger partial charge in [0.05, 0.1) is 26.2 Å². The molecule has 1 aliphatic heterocycles. The third-order valence-corrected chi connectivity index (χ3v) is 4.42. The molecule has 6 nitrogen and oxygen atoms in total. The fraction of sp³-hybridized carbons (Fsp3) is 0.333. The Morgan fingerprint density at radius 1 is 1.00 bits per heavy atom. The van der Waals surface area contributed by atoms with Crippen LogP contribution in [0.2, 0.25) is 0 Å². The molecular formula is C21H24FN3O3. The van der Waals surface area contributed by atoms with Crippen LogP contribution in [0, 0.1) is 5.82 Å². The summed E-state index contributed by atoms with van der Waals surface area (Å²) in [5.41, 5.74) is 2.36. The molecule has 148 valence electrons. The first kappa shape index (κ1) is 20.0. The van der Waals surface area contributed by atoms with Crippen molar-refractivity contribution < 1.29 is 18.7 Å². The molecule has 0 unspecified atom stereocenters. The molecule has 0 aliphatic carbocycles. The SMILES string of the molecule is O=C(Cc1cccc(F)c1)NCC(=O)Nc1cccc(CN2CCOCC2)c1. The highest BCUT2D eigenvalue weighted by Gasteiger charge is 2.12. The van der Waals surface area contributed by atoms with Gasteiger partial charge in [-0.25, -0.2) is 4.39 Å². The number of nitrogens with one attached hydrogen (secondary N) is 2. The van der Waals surface area contributed by atoms with Crippen molar-refractivity contribution in [1.82, 2.24) is 10.2 Å². The first-order valence-corrected chi connectivity index (χ1v) is 9.28. The van der Waals surface area contributed by atoms with Crippen LogP contribution < -0.4 is 10.6 Å². The lowest BCUT2D eigenvalue weighted by Gasteiger charge is -2.26. The van der Waals surface area contributed by atoms with E-state index in [1.165, 1.54) is 12.1 Å². The summed E-state index contributed by atoms with van der Waals surface area (Å²) < 4.78 is 18.5. The largest absolute Gasteiger partial charge is 0.379 e. The minimum Gasteiger partial charge on any atom is -0.379 e. The number of ether oxygens (including phenoxy) is 1. The summed E-state index contributed by atoms with van der Waals surface area (Å²) in [6.07, 6.45) is 0.0279. The van der Waals surface area contributed by atoms with Gasteiger partial charge in [-0.05, 0) is 35.4 Å². The predicted molar refractivity (Wildman–Crippen MR) is 104 cm³/mol. The summed E-state index contributed by atoms with van der Waals surface area (Å²) >= 11 is 0. The third kappa shape index (κ3) is 6.44. The van der Waals surface area contributed by atoms with Crippen LogP contribution in [0.1, 0.15) is 11.1 Å². The molecule has 0 aromatic heterocycles. The number of nitrogens with zero attached hydrogens (tertiary/aromatic N) is 1. The van der Waals surface area contributed by atoms with E-state index in [9.17, 15) is 14.0 Å². The lowest BCUT2D eigenvalue weighted by molar-refractivity contribution is -0.123. The van der Waals surface area contributed by atoms with E-state index in [1.54, 1.807) is 12.1 Å². The Bertz CT molecular complexity index is 822. The van der Waals surface area contributed by atoms with Crippen molar-refractivity contribution in [3.05, 3.63) is 65.5 Å². The molecule has 28 heavy (non-hydrogen) atoms. The average Bonchev–Trinajstić information content (AvgIpc) is 2.67. The van der Waals surface area contributed by atoms with E-state index < -0.39 is 0 Å². The van der Waals surface area contributed by atoms with Crippen LogP contribution in [0.25, 0.3) is 0 Å². The maximum Gasteiger partial charge on any atom is 0.243 e. The van der Waals surface area contributed by atoms with E-state index in [1.807, 2.05) is 24.3 Å². The number of morpholine rings is 1. The summed E-state index contributed by atoms with van der Waals surface area (Å²) in [7, 11) is 0. The highest BCUT2D eigenvalue weighted by molar-refractivity contribution is 5.94. The molecule has 0 saturated carbocycles. The van der Waals surface area contributed by atoms with Gasteiger partial charge in [0.25, 0.3) is 0 Å². The van der Waals surface area contributed by atoms with Crippen molar-refractivity contribution in [2.75, 3.05) is 38.2 Å². The van der Waals surface area contributed by atoms with Crippen molar-refractivity contribution in [1.29, 1.82) is 0 Å². The second kappa shape index (κ2) is 9.96. The fourth-order valence-electron chi connectivity index (χ4n) is 3.04. The van der Waals surface area contributed by atoms with Gasteiger partial charge in [0, 0.05) is 25.3 Å². The minimum atomic E-state index is -0.389. The van der Waals surface area contributed by atoms with Crippen LogP contribution in [-0.2, 0) is 27.3 Å². The predicted octanol–water partition coefficient (Wildman–Crippen LogP) is 1.96. The molecule has 0 spiro atoms. The first-order valence-electron chi connectivity index (χ1n) is 9.28. The lowest BCUT2D eigenvalue weighted by Crippen LogP contribution is -2.35. The number of halogens is 1. The Morgan fingerprint density at radius 3 is 2.54 bits per heavy atom. The number of rotatable bonds is 7. The van der Waals surface area contributed by atoms with E-state index in [2.05, 4.69) is 15.5 Å². The van der Waals surface area contributed by atoms with Gasteiger partial charge < -0.3 is 15.4 Å². The summed E-state index contributed by atoms with van der Waals surface area (Å²) in [6.45, 7) is 3.94. The van der Waals surface area contributed by atoms with Gasteiger partial charge in [0.2, 0.25) is 11.8 Å². The molecule has 3 rings (SSSR count). The van der Waals surface area contributed by atoms with Gasteiger partial charge in [0.1, 0.15) is 5.82 Å². The quantitative estimate of drug-likeness (QED) is 0.764. The zero-order chi connectivity index (χ0) is 19.8. The molecule has 2 amide bonds. The topological polar surface area (TPSA) is 70.7 Å². The third-order valence-electron chi connectivity index (χ3n) is 4.42. The minimum absolute atomic E-state index is 0.0279. The van der Waals surface area contributed by atoms with Gasteiger partial charge >= 0.3 is 0 Å². The van der Waals surface area contributed by atoms with Crippen LogP contribution in [-0.4, -0.2) is 49.6 Å². The van der Waals surface area contributed by atoms with Crippen LogP contribution >= 0.6 is 0 Å². The smallest absolute Gasteiger partial charge is 0.243 e. The molecule has 1 aliphatic rings. The number of anilines is 1.